The van der Waals surface area contributed by atoms with Gasteiger partial charge in [-0.1, -0.05) is 6.92 Å². The molecule has 1 aliphatic heterocycles. The Labute approximate surface area is 57.6 Å². The molecule has 0 N–H and O–H groups in total. The highest BCUT2D eigenvalue weighted by molar-refractivity contribution is 4.83. The van der Waals surface area contributed by atoms with Crippen molar-refractivity contribution < 1.29 is 4.48 Å². The number of nitrogens with zero attached hydrogens (tertiary/aromatic N) is 1. The molecule has 52 valence electrons. The van der Waals surface area contributed by atoms with Gasteiger partial charge in [0.05, 0.1) is 20.1 Å². The summed E-state index contributed by atoms with van der Waals surface area (Å²) in [7, 11) is 2.27. The van der Waals surface area contributed by atoms with Gasteiger partial charge in [-0.25, -0.2) is 0 Å². The van der Waals surface area contributed by atoms with Crippen molar-refractivity contribution in [3.63, 3.8) is 0 Å². The standard InChI is InChI=1S/C8H16N/c1-4-8(2)9(3)6-5-7-9/h2,4-7H2,1,3H3/q+1. The molecular formula is C8H16N+. The number of hydrogen-bond acceptors (Lipinski definition) is 0. The molecule has 1 fully saturated rings. The third-order valence-electron chi connectivity index (χ3n) is 2.47. The van der Waals surface area contributed by atoms with Crippen LogP contribution in [0.1, 0.15) is 19.8 Å². The lowest BCUT2D eigenvalue weighted by atomic mass is 10.1. The van der Waals surface area contributed by atoms with E-state index in [4.69, 9.17) is 0 Å². The van der Waals surface area contributed by atoms with E-state index in [1.165, 1.54) is 25.2 Å². The zero-order valence-electron chi connectivity index (χ0n) is 6.48. The Morgan fingerprint density at radius 1 is 1.56 bits per heavy atom. The molecule has 9 heavy (non-hydrogen) atoms. The molecule has 0 saturated carbocycles. The molecule has 1 rings (SSSR count). The molecule has 0 radical (unpaired) electrons. The Kier molecular flexibility index (Phi) is 1.62. The van der Waals surface area contributed by atoms with E-state index in [2.05, 4.69) is 20.6 Å². The van der Waals surface area contributed by atoms with Crippen LogP contribution in [0.5, 0.6) is 0 Å². The fourth-order valence-corrected chi connectivity index (χ4v) is 1.33. The summed E-state index contributed by atoms with van der Waals surface area (Å²) in [5, 5.41) is 0. The minimum atomic E-state index is 1.14. The fraction of sp³-hybridized carbons (Fsp3) is 0.750. The third kappa shape index (κ3) is 1.01. The van der Waals surface area contributed by atoms with E-state index >= 15 is 0 Å². The van der Waals surface area contributed by atoms with Crippen LogP contribution in [0.15, 0.2) is 12.3 Å². The van der Waals surface area contributed by atoms with Crippen molar-refractivity contribution in [2.24, 2.45) is 0 Å². The van der Waals surface area contributed by atoms with Crippen LogP contribution in [0.25, 0.3) is 0 Å². The van der Waals surface area contributed by atoms with E-state index < -0.39 is 0 Å². The van der Waals surface area contributed by atoms with Crippen LogP contribution >= 0.6 is 0 Å². The first-order valence-electron chi connectivity index (χ1n) is 3.72. The lowest BCUT2D eigenvalue weighted by Crippen LogP contribution is -2.52. The van der Waals surface area contributed by atoms with Gasteiger partial charge in [0, 0.05) is 12.8 Å². The molecule has 0 spiro atoms. The summed E-state index contributed by atoms with van der Waals surface area (Å²) in [6.45, 7) is 8.85. The highest BCUT2D eigenvalue weighted by atomic mass is 15.4. The van der Waals surface area contributed by atoms with E-state index in [1.807, 2.05) is 0 Å². The second kappa shape index (κ2) is 2.14. The van der Waals surface area contributed by atoms with Gasteiger partial charge in [0.1, 0.15) is 5.70 Å². The molecule has 1 heteroatoms. The first-order chi connectivity index (χ1) is 4.19. The van der Waals surface area contributed by atoms with Crippen LogP contribution in [0.2, 0.25) is 0 Å². The van der Waals surface area contributed by atoms with Crippen LogP contribution in [-0.4, -0.2) is 24.6 Å². The Hall–Kier alpha value is -0.300. The van der Waals surface area contributed by atoms with E-state index in [0.29, 0.717) is 0 Å². The molecule has 1 aliphatic rings. The molecule has 0 aliphatic carbocycles. The highest BCUT2D eigenvalue weighted by Crippen LogP contribution is 2.24. The van der Waals surface area contributed by atoms with Gasteiger partial charge in [0.15, 0.2) is 0 Å². The van der Waals surface area contributed by atoms with Gasteiger partial charge in [-0.3, -0.25) is 4.48 Å². The lowest BCUT2D eigenvalue weighted by molar-refractivity contribution is -0.911. The van der Waals surface area contributed by atoms with Gasteiger partial charge in [-0.05, 0) is 6.58 Å². The molecule has 0 aromatic rings. The van der Waals surface area contributed by atoms with Gasteiger partial charge < -0.3 is 0 Å². The molecule has 1 nitrogen and oxygen atoms in total. The minimum absolute atomic E-state index is 1.14. The van der Waals surface area contributed by atoms with Crippen molar-refractivity contribution in [3.8, 4) is 0 Å². The SMILES string of the molecule is C=C(CC)[N+]1(C)CCC1. The molecule has 1 saturated heterocycles. The van der Waals surface area contributed by atoms with Crippen molar-refractivity contribution in [3.05, 3.63) is 12.3 Å². The largest absolute Gasteiger partial charge is 0.297 e. The summed E-state index contributed by atoms with van der Waals surface area (Å²) in [5.41, 5.74) is 1.39. The average Bonchev–Trinajstić information content (AvgIpc) is 1.81. The zero-order valence-corrected chi connectivity index (χ0v) is 6.48. The minimum Gasteiger partial charge on any atom is -0.297 e. The molecule has 0 aromatic heterocycles. The molecular weight excluding hydrogens is 110 g/mol. The van der Waals surface area contributed by atoms with Gasteiger partial charge in [0.2, 0.25) is 0 Å². The van der Waals surface area contributed by atoms with Crippen LogP contribution < -0.4 is 0 Å². The molecule has 0 unspecified atom stereocenters. The number of hydrogen-bond donors (Lipinski definition) is 0. The zero-order chi connectivity index (χ0) is 6.91. The number of rotatable bonds is 2. The first-order valence-corrected chi connectivity index (χ1v) is 3.72. The predicted octanol–water partition coefficient (Wildman–Crippen LogP) is 1.76. The van der Waals surface area contributed by atoms with Crippen LogP contribution in [0, 0.1) is 0 Å². The number of quaternary nitrogens is 1. The van der Waals surface area contributed by atoms with Crippen molar-refractivity contribution in [1.29, 1.82) is 0 Å². The van der Waals surface area contributed by atoms with Crippen molar-refractivity contribution in [2.75, 3.05) is 20.1 Å². The van der Waals surface area contributed by atoms with Gasteiger partial charge >= 0.3 is 0 Å². The second-order valence-corrected chi connectivity index (χ2v) is 3.12. The third-order valence-corrected chi connectivity index (χ3v) is 2.47. The summed E-state index contributed by atoms with van der Waals surface area (Å²) in [6, 6.07) is 0. The maximum Gasteiger partial charge on any atom is 0.101 e. The monoisotopic (exact) mass is 126 g/mol. The Balaban J connectivity index is 2.49. The van der Waals surface area contributed by atoms with Gasteiger partial charge in [-0.15, -0.1) is 0 Å². The molecule has 0 aromatic carbocycles. The maximum absolute atomic E-state index is 4.04. The Morgan fingerprint density at radius 2 is 2.11 bits per heavy atom. The van der Waals surface area contributed by atoms with Crippen molar-refractivity contribution in [1.82, 2.24) is 0 Å². The van der Waals surface area contributed by atoms with E-state index in [1.54, 1.807) is 0 Å². The molecule has 0 atom stereocenters. The van der Waals surface area contributed by atoms with Crippen LogP contribution in [0.3, 0.4) is 0 Å². The quantitative estimate of drug-likeness (QED) is 0.495. The van der Waals surface area contributed by atoms with Crippen molar-refractivity contribution >= 4 is 0 Å². The average molecular weight is 126 g/mol. The first kappa shape index (κ1) is 6.81. The van der Waals surface area contributed by atoms with E-state index in [9.17, 15) is 0 Å². The smallest absolute Gasteiger partial charge is 0.101 e. The van der Waals surface area contributed by atoms with Crippen LogP contribution in [0.4, 0.5) is 0 Å². The Bertz CT molecular complexity index is 123. The maximum atomic E-state index is 4.04. The summed E-state index contributed by atoms with van der Waals surface area (Å²) >= 11 is 0. The molecule has 0 amide bonds. The fourth-order valence-electron chi connectivity index (χ4n) is 1.33. The number of allylic oxidation sites excluding steroid dienone is 1. The summed E-state index contributed by atoms with van der Waals surface area (Å²) < 4.78 is 1.14. The Morgan fingerprint density at radius 3 is 2.22 bits per heavy atom. The topological polar surface area (TPSA) is 0 Å². The summed E-state index contributed by atoms with van der Waals surface area (Å²) in [6.07, 6.45) is 2.52. The van der Waals surface area contributed by atoms with Gasteiger partial charge in [0.25, 0.3) is 0 Å². The summed E-state index contributed by atoms with van der Waals surface area (Å²) in [4.78, 5) is 0. The predicted molar refractivity (Wildman–Crippen MR) is 40.0 cm³/mol. The molecule has 1 heterocycles. The lowest BCUT2D eigenvalue weighted by Gasteiger charge is -2.42. The van der Waals surface area contributed by atoms with E-state index in [0.717, 1.165) is 10.9 Å². The van der Waals surface area contributed by atoms with Crippen molar-refractivity contribution in [2.45, 2.75) is 19.8 Å². The summed E-state index contributed by atoms with van der Waals surface area (Å²) in [5.74, 6) is 0. The van der Waals surface area contributed by atoms with Crippen LogP contribution in [-0.2, 0) is 0 Å². The van der Waals surface area contributed by atoms with E-state index in [-0.39, 0.29) is 0 Å². The number of likely N-dealkylation sites (tertiary alicyclic amines) is 1. The second-order valence-electron chi connectivity index (χ2n) is 3.12. The molecule has 0 bridgehead atoms. The normalized spacial score (nSPS) is 22.9. The highest BCUT2D eigenvalue weighted by Gasteiger charge is 2.32. The van der Waals surface area contributed by atoms with Gasteiger partial charge in [-0.2, -0.15) is 0 Å².